The number of hydrogen-bond acceptors (Lipinski definition) is 5. The van der Waals surface area contributed by atoms with Crippen molar-refractivity contribution in [1.82, 2.24) is 14.9 Å². The number of rotatable bonds is 5. The molecule has 1 unspecified atom stereocenters. The number of ether oxygens (including phenoxy) is 1. The van der Waals surface area contributed by atoms with Crippen LogP contribution in [0.15, 0.2) is 30.5 Å². The summed E-state index contributed by atoms with van der Waals surface area (Å²) in [5, 5.41) is 3.39. The van der Waals surface area contributed by atoms with E-state index in [1.807, 2.05) is 19.9 Å². The lowest BCUT2D eigenvalue weighted by Gasteiger charge is -2.35. The van der Waals surface area contributed by atoms with Crippen molar-refractivity contribution in [2.24, 2.45) is 0 Å². The van der Waals surface area contributed by atoms with Crippen LogP contribution in [-0.4, -0.2) is 47.7 Å². The highest BCUT2D eigenvalue weighted by Gasteiger charge is 2.23. The molecule has 24 heavy (non-hydrogen) atoms. The number of anilines is 1. The fourth-order valence-electron chi connectivity index (χ4n) is 2.96. The molecule has 5 nitrogen and oxygen atoms in total. The van der Waals surface area contributed by atoms with Gasteiger partial charge in [0.05, 0.1) is 30.6 Å². The fourth-order valence-corrected chi connectivity index (χ4v) is 2.96. The topological polar surface area (TPSA) is 50.3 Å². The van der Waals surface area contributed by atoms with E-state index in [4.69, 9.17) is 4.74 Å². The molecule has 1 N–H and O–H groups in total. The first-order valence-electron chi connectivity index (χ1n) is 8.25. The molecular weight excluding hydrogens is 307 g/mol. The molecule has 1 aliphatic rings. The van der Waals surface area contributed by atoms with Crippen LogP contribution in [0.5, 0.6) is 0 Å². The number of aromatic nitrogens is 2. The third-order valence-corrected chi connectivity index (χ3v) is 4.26. The molecule has 0 saturated carbocycles. The number of halogens is 1. The quantitative estimate of drug-likeness (QED) is 0.913. The van der Waals surface area contributed by atoms with E-state index in [1.54, 1.807) is 18.3 Å². The van der Waals surface area contributed by atoms with E-state index in [0.717, 1.165) is 35.9 Å². The van der Waals surface area contributed by atoms with Crippen molar-refractivity contribution in [3.05, 3.63) is 53.2 Å². The fraction of sp³-hybridized carbons (Fsp3) is 0.444. The minimum Gasteiger partial charge on any atom is -0.379 e. The van der Waals surface area contributed by atoms with Crippen molar-refractivity contribution in [3.63, 3.8) is 0 Å². The molecule has 128 valence electrons. The summed E-state index contributed by atoms with van der Waals surface area (Å²) < 4.78 is 19.1. The molecule has 2 heterocycles. The lowest BCUT2D eigenvalue weighted by molar-refractivity contribution is 0.0186. The monoisotopic (exact) mass is 330 g/mol. The van der Waals surface area contributed by atoms with E-state index in [2.05, 4.69) is 20.2 Å². The second-order valence-corrected chi connectivity index (χ2v) is 6.05. The molecule has 0 amide bonds. The Labute approximate surface area is 141 Å². The van der Waals surface area contributed by atoms with Gasteiger partial charge in [-0.05, 0) is 31.5 Å². The lowest BCUT2D eigenvalue weighted by Crippen LogP contribution is -2.41. The maximum absolute atomic E-state index is 13.7. The molecule has 3 rings (SSSR count). The van der Waals surface area contributed by atoms with E-state index >= 15 is 0 Å². The summed E-state index contributed by atoms with van der Waals surface area (Å²) in [5.74, 6) is 0.571. The normalized spacial score (nSPS) is 16.8. The molecule has 0 spiro atoms. The third-order valence-electron chi connectivity index (χ3n) is 4.26. The van der Waals surface area contributed by atoms with E-state index in [1.165, 1.54) is 6.07 Å². The number of benzene rings is 1. The smallest absolute Gasteiger partial charge is 0.147 e. The van der Waals surface area contributed by atoms with Gasteiger partial charge in [0.25, 0.3) is 0 Å². The SMILES string of the molecule is Cc1cnc(C)c(NCC(c2cccc(F)c2)N2CCOCC2)n1. The summed E-state index contributed by atoms with van der Waals surface area (Å²) in [6.45, 7) is 7.57. The van der Waals surface area contributed by atoms with Crippen LogP contribution in [0.2, 0.25) is 0 Å². The predicted molar refractivity (Wildman–Crippen MR) is 91.5 cm³/mol. The highest BCUT2D eigenvalue weighted by atomic mass is 19.1. The molecular formula is C18H23FN4O. The molecule has 6 heteroatoms. The highest BCUT2D eigenvalue weighted by Crippen LogP contribution is 2.23. The molecule has 1 aromatic heterocycles. The van der Waals surface area contributed by atoms with Gasteiger partial charge >= 0.3 is 0 Å². The summed E-state index contributed by atoms with van der Waals surface area (Å²) in [6.07, 6.45) is 1.76. The minimum atomic E-state index is -0.211. The maximum Gasteiger partial charge on any atom is 0.147 e. The minimum absolute atomic E-state index is 0.0614. The summed E-state index contributed by atoms with van der Waals surface area (Å²) in [7, 11) is 0. The van der Waals surface area contributed by atoms with E-state index < -0.39 is 0 Å². The van der Waals surface area contributed by atoms with Crippen LogP contribution < -0.4 is 5.32 Å². The van der Waals surface area contributed by atoms with E-state index in [9.17, 15) is 4.39 Å². The zero-order chi connectivity index (χ0) is 16.9. The van der Waals surface area contributed by atoms with Gasteiger partial charge in [0.15, 0.2) is 0 Å². The molecule has 1 saturated heterocycles. The zero-order valence-corrected chi connectivity index (χ0v) is 14.1. The number of hydrogen-bond donors (Lipinski definition) is 1. The zero-order valence-electron chi connectivity index (χ0n) is 14.1. The highest BCUT2D eigenvalue weighted by molar-refractivity contribution is 5.40. The summed E-state index contributed by atoms with van der Waals surface area (Å²) >= 11 is 0. The van der Waals surface area contributed by atoms with Crippen molar-refractivity contribution >= 4 is 5.82 Å². The molecule has 1 atom stereocenters. The standard InChI is InChI=1S/C18H23FN4O/c1-13-11-20-14(2)18(22-13)21-12-17(23-6-8-24-9-7-23)15-4-3-5-16(19)10-15/h3-5,10-11,17H,6-9,12H2,1-2H3,(H,21,22). The third kappa shape index (κ3) is 4.07. The van der Waals surface area contributed by atoms with Crippen LogP contribution in [0.3, 0.4) is 0 Å². The average Bonchev–Trinajstić information content (AvgIpc) is 2.59. The maximum atomic E-state index is 13.7. The molecule has 2 aromatic rings. The van der Waals surface area contributed by atoms with E-state index in [-0.39, 0.29) is 11.9 Å². The predicted octanol–water partition coefficient (Wildman–Crippen LogP) is 2.72. The Morgan fingerprint density at radius 1 is 1.29 bits per heavy atom. The van der Waals surface area contributed by atoms with Crippen molar-refractivity contribution < 1.29 is 9.13 Å². The van der Waals surface area contributed by atoms with Crippen LogP contribution in [0, 0.1) is 19.7 Å². The van der Waals surface area contributed by atoms with Crippen molar-refractivity contribution in [2.45, 2.75) is 19.9 Å². The Balaban J connectivity index is 1.80. The Kier molecular flexibility index (Phi) is 5.37. The van der Waals surface area contributed by atoms with Gasteiger partial charge in [-0.2, -0.15) is 0 Å². The Morgan fingerprint density at radius 3 is 2.83 bits per heavy atom. The van der Waals surface area contributed by atoms with Crippen LogP contribution in [0.25, 0.3) is 0 Å². The van der Waals surface area contributed by atoms with Crippen LogP contribution in [0.1, 0.15) is 23.0 Å². The Morgan fingerprint density at radius 2 is 2.08 bits per heavy atom. The van der Waals surface area contributed by atoms with Gasteiger partial charge in [-0.1, -0.05) is 12.1 Å². The Hall–Kier alpha value is -2.05. The molecule has 1 aromatic carbocycles. The number of nitrogens with zero attached hydrogens (tertiary/aromatic N) is 3. The van der Waals surface area contributed by atoms with Gasteiger partial charge in [0, 0.05) is 25.8 Å². The first kappa shape index (κ1) is 16.8. The van der Waals surface area contributed by atoms with Crippen molar-refractivity contribution in [3.8, 4) is 0 Å². The van der Waals surface area contributed by atoms with Gasteiger partial charge in [-0.25, -0.2) is 9.37 Å². The first-order valence-corrected chi connectivity index (χ1v) is 8.25. The molecule has 0 radical (unpaired) electrons. The molecule has 1 fully saturated rings. The van der Waals surface area contributed by atoms with Gasteiger partial charge in [-0.3, -0.25) is 9.88 Å². The van der Waals surface area contributed by atoms with Gasteiger partial charge in [0.2, 0.25) is 0 Å². The first-order chi connectivity index (χ1) is 11.6. The van der Waals surface area contributed by atoms with Crippen LogP contribution >= 0.6 is 0 Å². The summed E-state index contributed by atoms with van der Waals surface area (Å²) in [5.41, 5.74) is 2.69. The van der Waals surface area contributed by atoms with Crippen molar-refractivity contribution in [2.75, 3.05) is 38.2 Å². The average molecular weight is 330 g/mol. The second kappa shape index (κ2) is 7.68. The van der Waals surface area contributed by atoms with Gasteiger partial charge < -0.3 is 10.1 Å². The molecule has 1 aliphatic heterocycles. The number of nitrogens with one attached hydrogen (secondary N) is 1. The van der Waals surface area contributed by atoms with Gasteiger partial charge in [0.1, 0.15) is 11.6 Å². The second-order valence-electron chi connectivity index (χ2n) is 6.05. The Bertz CT molecular complexity index is 688. The number of morpholine rings is 1. The summed E-state index contributed by atoms with van der Waals surface area (Å²) in [4.78, 5) is 11.2. The largest absolute Gasteiger partial charge is 0.379 e. The van der Waals surface area contributed by atoms with Crippen LogP contribution in [0.4, 0.5) is 10.2 Å². The summed E-state index contributed by atoms with van der Waals surface area (Å²) in [6, 6.07) is 6.88. The van der Waals surface area contributed by atoms with E-state index in [0.29, 0.717) is 19.8 Å². The molecule has 0 aliphatic carbocycles. The molecule has 0 bridgehead atoms. The van der Waals surface area contributed by atoms with Gasteiger partial charge in [-0.15, -0.1) is 0 Å². The number of aryl methyl sites for hydroxylation is 2. The lowest BCUT2D eigenvalue weighted by atomic mass is 10.0. The van der Waals surface area contributed by atoms with Crippen LogP contribution in [-0.2, 0) is 4.74 Å². The van der Waals surface area contributed by atoms with Crippen molar-refractivity contribution in [1.29, 1.82) is 0 Å².